The molecule has 84 valence electrons. The first kappa shape index (κ1) is 11.4. The fourth-order valence-corrected chi connectivity index (χ4v) is 2.32. The lowest BCUT2D eigenvalue weighted by Crippen LogP contribution is -2.12. The molecule has 0 aromatic carbocycles. The van der Waals surface area contributed by atoms with Gasteiger partial charge in [0.05, 0.1) is 0 Å². The Morgan fingerprint density at radius 2 is 2.19 bits per heavy atom. The minimum Gasteiger partial charge on any atom is -0.313 e. The fourth-order valence-electron chi connectivity index (χ4n) is 1.04. The minimum absolute atomic E-state index is 0.706. The van der Waals surface area contributed by atoms with Gasteiger partial charge in [-0.05, 0) is 18.3 Å². The van der Waals surface area contributed by atoms with Crippen LogP contribution in [0.2, 0.25) is 0 Å². The zero-order valence-electron chi connectivity index (χ0n) is 8.75. The molecule has 1 N–H and O–H groups in total. The van der Waals surface area contributed by atoms with E-state index in [9.17, 15) is 0 Å². The molecule has 2 rings (SSSR count). The molecule has 0 spiro atoms. The van der Waals surface area contributed by atoms with Gasteiger partial charge >= 0.3 is 0 Å². The molecule has 0 atom stereocenters. The summed E-state index contributed by atoms with van der Waals surface area (Å²) >= 11 is 2.91. The second-order valence-corrected chi connectivity index (χ2v) is 5.01. The number of hydrogen-bond acceptors (Lipinski definition) is 7. The van der Waals surface area contributed by atoms with Crippen molar-refractivity contribution in [3.05, 3.63) is 23.5 Å². The van der Waals surface area contributed by atoms with Gasteiger partial charge in [0, 0.05) is 24.5 Å². The van der Waals surface area contributed by atoms with Gasteiger partial charge < -0.3 is 5.32 Å². The second kappa shape index (κ2) is 5.88. The molecule has 0 radical (unpaired) electrons. The highest BCUT2D eigenvalue weighted by molar-refractivity contribution is 8.00. The zero-order chi connectivity index (χ0) is 11.2. The SMILES string of the molecule is CCNCc1cnc(Sc2nncs2)nc1. The lowest BCUT2D eigenvalue weighted by molar-refractivity contribution is 0.716. The van der Waals surface area contributed by atoms with E-state index in [0.29, 0.717) is 5.16 Å². The average Bonchev–Trinajstić information content (AvgIpc) is 2.81. The van der Waals surface area contributed by atoms with Crippen LogP contribution in [0.25, 0.3) is 0 Å². The third-order valence-corrected chi connectivity index (χ3v) is 3.45. The van der Waals surface area contributed by atoms with Gasteiger partial charge in [0.15, 0.2) is 9.50 Å². The molecular weight excluding hydrogens is 242 g/mol. The van der Waals surface area contributed by atoms with Gasteiger partial charge in [0.25, 0.3) is 0 Å². The van der Waals surface area contributed by atoms with Crippen molar-refractivity contribution in [1.29, 1.82) is 0 Å². The van der Waals surface area contributed by atoms with E-state index >= 15 is 0 Å². The molecule has 0 bridgehead atoms. The zero-order valence-corrected chi connectivity index (χ0v) is 10.4. The Kier molecular flexibility index (Phi) is 4.20. The summed E-state index contributed by atoms with van der Waals surface area (Å²) in [5, 5.41) is 11.6. The standard InChI is InChI=1S/C9H11N5S2/c1-2-10-3-7-4-11-8(12-5-7)16-9-14-13-6-15-9/h4-6,10H,2-3H2,1H3. The minimum atomic E-state index is 0.706. The molecular formula is C9H11N5S2. The van der Waals surface area contributed by atoms with Crippen LogP contribution in [0.5, 0.6) is 0 Å². The van der Waals surface area contributed by atoms with E-state index in [1.54, 1.807) is 5.51 Å². The summed E-state index contributed by atoms with van der Waals surface area (Å²) in [6.45, 7) is 3.82. The maximum Gasteiger partial charge on any atom is 0.194 e. The van der Waals surface area contributed by atoms with Crippen LogP contribution in [0.4, 0.5) is 0 Å². The van der Waals surface area contributed by atoms with Crippen molar-refractivity contribution in [2.45, 2.75) is 23.0 Å². The Morgan fingerprint density at radius 1 is 1.38 bits per heavy atom. The molecule has 0 unspecified atom stereocenters. The Labute approximate surface area is 102 Å². The smallest absolute Gasteiger partial charge is 0.194 e. The monoisotopic (exact) mass is 253 g/mol. The summed E-state index contributed by atoms with van der Waals surface area (Å²) in [7, 11) is 0. The van der Waals surface area contributed by atoms with E-state index in [1.165, 1.54) is 23.1 Å². The molecule has 5 nitrogen and oxygen atoms in total. The van der Waals surface area contributed by atoms with Crippen LogP contribution < -0.4 is 5.32 Å². The predicted molar refractivity (Wildman–Crippen MR) is 63.4 cm³/mol. The molecule has 0 fully saturated rings. The van der Waals surface area contributed by atoms with Crippen LogP contribution in [0.1, 0.15) is 12.5 Å². The highest BCUT2D eigenvalue weighted by atomic mass is 32.2. The first-order valence-corrected chi connectivity index (χ1v) is 6.53. The number of nitrogens with one attached hydrogen (secondary N) is 1. The van der Waals surface area contributed by atoms with E-state index in [2.05, 4.69) is 32.4 Å². The molecule has 0 saturated carbocycles. The maximum atomic E-state index is 4.26. The summed E-state index contributed by atoms with van der Waals surface area (Å²) in [5.74, 6) is 0. The van der Waals surface area contributed by atoms with E-state index < -0.39 is 0 Å². The lowest BCUT2D eigenvalue weighted by Gasteiger charge is -2.01. The molecule has 0 saturated heterocycles. The largest absolute Gasteiger partial charge is 0.313 e. The van der Waals surface area contributed by atoms with Crippen molar-refractivity contribution < 1.29 is 0 Å². The van der Waals surface area contributed by atoms with E-state index in [-0.39, 0.29) is 0 Å². The van der Waals surface area contributed by atoms with Crippen LogP contribution in [0.3, 0.4) is 0 Å². The van der Waals surface area contributed by atoms with Gasteiger partial charge in [-0.1, -0.05) is 18.3 Å². The summed E-state index contributed by atoms with van der Waals surface area (Å²) in [6, 6.07) is 0. The number of rotatable bonds is 5. The summed E-state index contributed by atoms with van der Waals surface area (Å²) in [4.78, 5) is 8.51. The molecule has 0 aliphatic heterocycles. The Morgan fingerprint density at radius 3 is 2.81 bits per heavy atom. The third-order valence-electron chi connectivity index (χ3n) is 1.78. The van der Waals surface area contributed by atoms with Crippen molar-refractivity contribution in [3.63, 3.8) is 0 Å². The Bertz CT molecular complexity index is 414. The summed E-state index contributed by atoms with van der Waals surface area (Å²) in [6.07, 6.45) is 3.66. The Hall–Kier alpha value is -1.05. The highest BCUT2D eigenvalue weighted by Crippen LogP contribution is 2.24. The van der Waals surface area contributed by atoms with Crippen LogP contribution in [-0.4, -0.2) is 26.7 Å². The van der Waals surface area contributed by atoms with Crippen LogP contribution >= 0.6 is 23.1 Å². The van der Waals surface area contributed by atoms with Gasteiger partial charge in [0.2, 0.25) is 0 Å². The predicted octanol–water partition coefficient (Wildman–Crippen LogP) is 1.59. The molecule has 2 heterocycles. The molecule has 7 heteroatoms. The van der Waals surface area contributed by atoms with Gasteiger partial charge in [0.1, 0.15) is 5.51 Å². The van der Waals surface area contributed by atoms with Gasteiger partial charge in [-0.2, -0.15) is 0 Å². The molecule has 2 aromatic rings. The normalized spacial score (nSPS) is 10.6. The second-order valence-electron chi connectivity index (χ2n) is 2.96. The summed E-state index contributed by atoms with van der Waals surface area (Å²) < 4.78 is 0.861. The quantitative estimate of drug-likeness (QED) is 0.816. The van der Waals surface area contributed by atoms with Crippen molar-refractivity contribution in [1.82, 2.24) is 25.5 Å². The first-order chi connectivity index (χ1) is 7.88. The third kappa shape index (κ3) is 3.22. The molecule has 0 aliphatic rings. The number of aromatic nitrogens is 4. The van der Waals surface area contributed by atoms with Crippen LogP contribution in [-0.2, 0) is 6.54 Å². The van der Waals surface area contributed by atoms with Crippen LogP contribution in [0, 0.1) is 0 Å². The number of nitrogens with zero attached hydrogens (tertiary/aromatic N) is 4. The lowest BCUT2D eigenvalue weighted by atomic mass is 10.3. The van der Waals surface area contributed by atoms with E-state index in [1.807, 2.05) is 12.4 Å². The van der Waals surface area contributed by atoms with Crippen molar-refractivity contribution in [3.8, 4) is 0 Å². The van der Waals surface area contributed by atoms with Gasteiger partial charge in [-0.25, -0.2) is 9.97 Å². The van der Waals surface area contributed by atoms with Gasteiger partial charge in [-0.15, -0.1) is 10.2 Å². The first-order valence-electron chi connectivity index (χ1n) is 4.84. The molecule has 0 amide bonds. The number of hydrogen-bond donors (Lipinski definition) is 1. The van der Waals surface area contributed by atoms with Crippen LogP contribution in [0.15, 0.2) is 27.4 Å². The highest BCUT2D eigenvalue weighted by Gasteiger charge is 2.03. The Balaban J connectivity index is 1.96. The van der Waals surface area contributed by atoms with Crippen molar-refractivity contribution >= 4 is 23.1 Å². The average molecular weight is 253 g/mol. The van der Waals surface area contributed by atoms with Crippen molar-refractivity contribution in [2.24, 2.45) is 0 Å². The molecule has 0 aliphatic carbocycles. The molecule has 2 aromatic heterocycles. The van der Waals surface area contributed by atoms with Gasteiger partial charge in [-0.3, -0.25) is 0 Å². The van der Waals surface area contributed by atoms with Crippen molar-refractivity contribution in [2.75, 3.05) is 6.54 Å². The summed E-state index contributed by atoms with van der Waals surface area (Å²) in [5.41, 5.74) is 2.78. The maximum absolute atomic E-state index is 4.26. The van der Waals surface area contributed by atoms with E-state index in [4.69, 9.17) is 0 Å². The van der Waals surface area contributed by atoms with E-state index in [0.717, 1.165) is 23.0 Å². The molecule has 16 heavy (non-hydrogen) atoms. The topological polar surface area (TPSA) is 63.6 Å². The fraction of sp³-hybridized carbons (Fsp3) is 0.333.